The Morgan fingerprint density at radius 2 is 1.78 bits per heavy atom. The van der Waals surface area contributed by atoms with Gasteiger partial charge < -0.3 is 4.90 Å². The number of hydrogen-bond donors (Lipinski definition) is 2. The first-order valence-corrected chi connectivity index (χ1v) is 6.61. The third-order valence-corrected chi connectivity index (χ3v) is 4.89. The first-order chi connectivity index (χ1) is 8.41. The molecule has 0 radical (unpaired) electrons. The minimum absolute atomic E-state index is 0.138. The van der Waals surface area contributed by atoms with Crippen LogP contribution in [0.15, 0.2) is 0 Å². The SMILES string of the molecule is CC(=O)N1CCC2(CC1)CCC(C)(C(=O)NO)C2. The Bertz CT molecular complexity index is 361. The molecule has 1 spiro atoms. The van der Waals surface area contributed by atoms with E-state index in [1.54, 1.807) is 12.4 Å². The average molecular weight is 254 g/mol. The fraction of sp³-hybridized carbons (Fsp3) is 0.846. The maximum Gasteiger partial charge on any atom is 0.249 e. The Balaban J connectivity index is 2.01. The van der Waals surface area contributed by atoms with Crippen molar-refractivity contribution in [2.75, 3.05) is 13.1 Å². The van der Waals surface area contributed by atoms with Crippen LogP contribution in [0.3, 0.4) is 0 Å². The van der Waals surface area contributed by atoms with Gasteiger partial charge >= 0.3 is 0 Å². The van der Waals surface area contributed by atoms with E-state index in [2.05, 4.69) is 0 Å². The number of carbonyl (C=O) groups is 2. The van der Waals surface area contributed by atoms with Gasteiger partial charge in [-0.05, 0) is 37.5 Å². The fourth-order valence-electron chi connectivity index (χ4n) is 3.60. The maximum atomic E-state index is 11.7. The number of hydrogen-bond acceptors (Lipinski definition) is 3. The van der Waals surface area contributed by atoms with Crippen LogP contribution in [0.5, 0.6) is 0 Å². The Morgan fingerprint density at radius 3 is 2.28 bits per heavy atom. The summed E-state index contributed by atoms with van der Waals surface area (Å²) in [5.41, 5.74) is 1.53. The van der Waals surface area contributed by atoms with Crippen LogP contribution >= 0.6 is 0 Å². The van der Waals surface area contributed by atoms with E-state index in [4.69, 9.17) is 5.21 Å². The van der Waals surface area contributed by atoms with Gasteiger partial charge in [0, 0.05) is 25.4 Å². The molecule has 1 saturated carbocycles. The molecule has 1 heterocycles. The molecule has 5 heteroatoms. The normalized spacial score (nSPS) is 30.5. The second-order valence-corrected chi connectivity index (χ2v) is 6.18. The largest absolute Gasteiger partial charge is 0.343 e. The lowest BCUT2D eigenvalue weighted by atomic mass is 9.74. The Hall–Kier alpha value is -1.10. The van der Waals surface area contributed by atoms with Crippen molar-refractivity contribution in [2.45, 2.75) is 46.0 Å². The van der Waals surface area contributed by atoms with Gasteiger partial charge in [0.25, 0.3) is 0 Å². The van der Waals surface area contributed by atoms with Crippen molar-refractivity contribution in [3.8, 4) is 0 Å². The van der Waals surface area contributed by atoms with Gasteiger partial charge in [-0.2, -0.15) is 0 Å². The summed E-state index contributed by atoms with van der Waals surface area (Å²) in [4.78, 5) is 24.9. The summed E-state index contributed by atoms with van der Waals surface area (Å²) in [7, 11) is 0. The molecule has 0 aromatic rings. The number of rotatable bonds is 1. The van der Waals surface area contributed by atoms with E-state index in [9.17, 15) is 9.59 Å². The van der Waals surface area contributed by atoms with Gasteiger partial charge in [0.2, 0.25) is 11.8 Å². The van der Waals surface area contributed by atoms with Crippen LogP contribution in [-0.4, -0.2) is 35.0 Å². The van der Waals surface area contributed by atoms with Crippen LogP contribution < -0.4 is 5.48 Å². The molecule has 1 aliphatic heterocycles. The molecule has 2 N–H and O–H groups in total. The maximum absolute atomic E-state index is 11.7. The third kappa shape index (κ3) is 2.23. The number of hydroxylamine groups is 1. The molecule has 2 rings (SSSR count). The second kappa shape index (κ2) is 4.53. The van der Waals surface area contributed by atoms with Crippen molar-refractivity contribution in [2.24, 2.45) is 10.8 Å². The molecule has 0 aromatic heterocycles. The quantitative estimate of drug-likeness (QED) is 0.547. The Labute approximate surface area is 107 Å². The van der Waals surface area contributed by atoms with Gasteiger partial charge in [0.1, 0.15) is 0 Å². The molecule has 5 nitrogen and oxygen atoms in total. The molecule has 1 unspecified atom stereocenters. The molecule has 0 bridgehead atoms. The topological polar surface area (TPSA) is 69.6 Å². The van der Waals surface area contributed by atoms with Gasteiger partial charge in [0.05, 0.1) is 0 Å². The number of carbonyl (C=O) groups excluding carboxylic acids is 2. The summed E-state index contributed by atoms with van der Waals surface area (Å²) >= 11 is 0. The summed E-state index contributed by atoms with van der Waals surface area (Å²) < 4.78 is 0. The molecule has 2 aliphatic rings. The zero-order valence-electron chi connectivity index (χ0n) is 11.2. The standard InChI is InChI=1S/C13H22N2O3/c1-10(16)15-7-5-13(6-8-15)4-3-12(2,9-13)11(17)14-18/h18H,3-9H2,1-2H3,(H,14,17). The summed E-state index contributed by atoms with van der Waals surface area (Å²) in [6.45, 7) is 5.12. The Kier molecular flexibility index (Phi) is 3.36. The predicted octanol–water partition coefficient (Wildman–Crippen LogP) is 1.31. The Morgan fingerprint density at radius 1 is 1.17 bits per heavy atom. The van der Waals surface area contributed by atoms with Gasteiger partial charge in [-0.25, -0.2) is 5.48 Å². The van der Waals surface area contributed by atoms with Crippen molar-refractivity contribution in [1.29, 1.82) is 0 Å². The van der Waals surface area contributed by atoms with Crippen molar-refractivity contribution in [3.05, 3.63) is 0 Å². The highest BCUT2D eigenvalue weighted by atomic mass is 16.5. The first kappa shape index (κ1) is 13.3. The number of likely N-dealkylation sites (tertiary alicyclic amines) is 1. The lowest BCUT2D eigenvalue weighted by molar-refractivity contribution is -0.139. The summed E-state index contributed by atoms with van der Waals surface area (Å²) in [6, 6.07) is 0. The van der Waals surface area contributed by atoms with Gasteiger partial charge in [-0.1, -0.05) is 6.92 Å². The number of amides is 2. The first-order valence-electron chi connectivity index (χ1n) is 6.61. The zero-order chi connectivity index (χ0) is 13.4. The molecule has 1 atom stereocenters. The molecule has 1 aliphatic carbocycles. The van der Waals surface area contributed by atoms with E-state index in [1.165, 1.54) is 0 Å². The van der Waals surface area contributed by atoms with Crippen molar-refractivity contribution < 1.29 is 14.8 Å². The molecular weight excluding hydrogens is 232 g/mol. The van der Waals surface area contributed by atoms with E-state index in [-0.39, 0.29) is 17.2 Å². The van der Waals surface area contributed by atoms with Gasteiger partial charge in [-0.3, -0.25) is 14.8 Å². The van der Waals surface area contributed by atoms with Crippen LogP contribution in [0.2, 0.25) is 0 Å². The molecule has 1 saturated heterocycles. The van der Waals surface area contributed by atoms with Crippen LogP contribution in [0.4, 0.5) is 0 Å². The van der Waals surface area contributed by atoms with Crippen molar-refractivity contribution in [3.63, 3.8) is 0 Å². The van der Waals surface area contributed by atoms with E-state index >= 15 is 0 Å². The van der Waals surface area contributed by atoms with E-state index in [0.717, 1.165) is 45.2 Å². The minimum atomic E-state index is -0.451. The van der Waals surface area contributed by atoms with Crippen molar-refractivity contribution in [1.82, 2.24) is 10.4 Å². The minimum Gasteiger partial charge on any atom is -0.343 e. The van der Waals surface area contributed by atoms with E-state index in [0.29, 0.717) is 0 Å². The molecular formula is C13H22N2O3. The summed E-state index contributed by atoms with van der Waals surface area (Å²) in [6.07, 6.45) is 4.60. The molecule has 18 heavy (non-hydrogen) atoms. The van der Waals surface area contributed by atoms with Crippen LogP contribution in [-0.2, 0) is 9.59 Å². The zero-order valence-corrected chi connectivity index (χ0v) is 11.2. The lowest BCUT2D eigenvalue weighted by Crippen LogP contribution is -2.43. The molecule has 0 aromatic carbocycles. The predicted molar refractivity (Wildman–Crippen MR) is 65.8 cm³/mol. The number of piperidine rings is 1. The molecule has 2 amide bonds. The van der Waals surface area contributed by atoms with Gasteiger partial charge in [0.15, 0.2) is 0 Å². The highest BCUT2D eigenvalue weighted by molar-refractivity contribution is 5.81. The van der Waals surface area contributed by atoms with Crippen molar-refractivity contribution >= 4 is 11.8 Å². The number of nitrogens with one attached hydrogen (secondary N) is 1. The highest BCUT2D eigenvalue weighted by Crippen LogP contribution is 2.54. The van der Waals surface area contributed by atoms with Crippen LogP contribution in [0, 0.1) is 10.8 Å². The number of nitrogens with zero attached hydrogens (tertiary/aromatic N) is 1. The molecule has 102 valence electrons. The monoisotopic (exact) mass is 254 g/mol. The summed E-state index contributed by atoms with van der Waals surface area (Å²) in [5.74, 6) is -0.132. The smallest absolute Gasteiger partial charge is 0.249 e. The third-order valence-electron chi connectivity index (χ3n) is 4.89. The van der Waals surface area contributed by atoms with E-state index in [1.807, 2.05) is 11.8 Å². The second-order valence-electron chi connectivity index (χ2n) is 6.18. The average Bonchev–Trinajstić information content (AvgIpc) is 2.68. The lowest BCUT2D eigenvalue weighted by Gasteiger charge is -2.40. The van der Waals surface area contributed by atoms with Crippen LogP contribution in [0.25, 0.3) is 0 Å². The molecule has 2 fully saturated rings. The highest BCUT2D eigenvalue weighted by Gasteiger charge is 2.50. The van der Waals surface area contributed by atoms with Crippen LogP contribution in [0.1, 0.15) is 46.0 Å². The summed E-state index contributed by atoms with van der Waals surface area (Å²) in [5, 5.41) is 8.81. The fourth-order valence-corrected chi connectivity index (χ4v) is 3.60. The van der Waals surface area contributed by atoms with E-state index < -0.39 is 5.41 Å². The van der Waals surface area contributed by atoms with Gasteiger partial charge in [-0.15, -0.1) is 0 Å².